The molecule has 0 spiro atoms. The summed E-state index contributed by atoms with van der Waals surface area (Å²) in [5.41, 5.74) is 1.85. The van der Waals surface area contributed by atoms with Crippen LogP contribution in [0.25, 0.3) is 0 Å². The molecule has 0 saturated heterocycles. The monoisotopic (exact) mass is 252 g/mol. The SMILES string of the molecule is CCCC1CN=C(Nc2cc(F)ccc2C)S1. The molecular formula is C13H17FN2S. The summed E-state index contributed by atoms with van der Waals surface area (Å²) in [5, 5.41) is 4.71. The molecule has 1 aromatic carbocycles. The number of halogens is 1. The number of anilines is 1. The van der Waals surface area contributed by atoms with Crippen LogP contribution in [0, 0.1) is 12.7 Å². The number of thioether (sulfide) groups is 1. The Hall–Kier alpha value is -1.03. The van der Waals surface area contributed by atoms with Gasteiger partial charge in [0.15, 0.2) is 5.17 Å². The van der Waals surface area contributed by atoms with Crippen molar-refractivity contribution >= 4 is 22.6 Å². The predicted octanol–water partition coefficient (Wildman–Crippen LogP) is 3.82. The first-order valence-electron chi connectivity index (χ1n) is 5.93. The number of rotatable bonds is 3. The molecule has 0 aromatic heterocycles. The number of hydrogen-bond acceptors (Lipinski definition) is 3. The number of benzene rings is 1. The molecule has 0 aliphatic carbocycles. The molecule has 92 valence electrons. The van der Waals surface area contributed by atoms with E-state index >= 15 is 0 Å². The van der Waals surface area contributed by atoms with Gasteiger partial charge in [-0.2, -0.15) is 0 Å². The molecule has 2 nitrogen and oxygen atoms in total. The summed E-state index contributed by atoms with van der Waals surface area (Å²) in [6.07, 6.45) is 2.36. The van der Waals surface area contributed by atoms with Gasteiger partial charge in [-0.15, -0.1) is 0 Å². The molecule has 0 bridgehead atoms. The van der Waals surface area contributed by atoms with Crippen LogP contribution in [0.1, 0.15) is 25.3 Å². The topological polar surface area (TPSA) is 24.4 Å². The van der Waals surface area contributed by atoms with Crippen molar-refractivity contribution in [3.63, 3.8) is 0 Å². The minimum atomic E-state index is -0.216. The second-order valence-electron chi connectivity index (χ2n) is 4.26. The number of nitrogens with one attached hydrogen (secondary N) is 1. The van der Waals surface area contributed by atoms with Crippen LogP contribution in [0.2, 0.25) is 0 Å². The smallest absolute Gasteiger partial charge is 0.161 e. The van der Waals surface area contributed by atoms with Gasteiger partial charge in [0.2, 0.25) is 0 Å². The molecule has 1 N–H and O–H groups in total. The first kappa shape index (κ1) is 12.4. The van der Waals surface area contributed by atoms with Crippen molar-refractivity contribution in [3.8, 4) is 0 Å². The molecule has 1 aliphatic heterocycles. The van der Waals surface area contributed by atoms with Crippen LogP contribution < -0.4 is 5.32 Å². The standard InChI is InChI=1S/C13H17FN2S/c1-3-4-11-8-15-13(17-11)16-12-7-10(14)6-5-9(12)2/h5-7,11H,3-4,8H2,1-2H3,(H,15,16). The summed E-state index contributed by atoms with van der Waals surface area (Å²) >= 11 is 1.76. The van der Waals surface area contributed by atoms with E-state index in [-0.39, 0.29) is 5.82 Å². The van der Waals surface area contributed by atoms with Crippen LogP contribution in [0.15, 0.2) is 23.2 Å². The van der Waals surface area contributed by atoms with Gasteiger partial charge in [0.1, 0.15) is 5.82 Å². The molecule has 17 heavy (non-hydrogen) atoms. The fourth-order valence-electron chi connectivity index (χ4n) is 1.80. The first-order chi connectivity index (χ1) is 8.19. The molecule has 0 saturated carbocycles. The Morgan fingerprint density at radius 3 is 3.12 bits per heavy atom. The lowest BCUT2D eigenvalue weighted by Crippen LogP contribution is -2.08. The fourth-order valence-corrected chi connectivity index (χ4v) is 2.94. The summed E-state index contributed by atoms with van der Waals surface area (Å²) in [6, 6.07) is 4.77. The minimum absolute atomic E-state index is 0.216. The lowest BCUT2D eigenvalue weighted by Gasteiger charge is -2.10. The van der Waals surface area contributed by atoms with Gasteiger partial charge < -0.3 is 5.32 Å². The molecular weight excluding hydrogens is 235 g/mol. The van der Waals surface area contributed by atoms with Gasteiger partial charge in [0.25, 0.3) is 0 Å². The minimum Gasteiger partial charge on any atom is -0.335 e. The van der Waals surface area contributed by atoms with Crippen LogP contribution >= 0.6 is 11.8 Å². The van der Waals surface area contributed by atoms with E-state index < -0.39 is 0 Å². The maximum Gasteiger partial charge on any atom is 0.161 e. The second kappa shape index (κ2) is 5.54. The van der Waals surface area contributed by atoms with Crippen molar-refractivity contribution in [2.75, 3.05) is 11.9 Å². The van der Waals surface area contributed by atoms with E-state index in [9.17, 15) is 4.39 Å². The van der Waals surface area contributed by atoms with Crippen LogP contribution in [0.4, 0.5) is 10.1 Å². The maximum absolute atomic E-state index is 13.1. The molecule has 2 rings (SSSR count). The van der Waals surface area contributed by atoms with E-state index in [1.165, 1.54) is 25.0 Å². The molecule has 0 fully saturated rings. The van der Waals surface area contributed by atoms with Gasteiger partial charge in [0, 0.05) is 10.9 Å². The zero-order chi connectivity index (χ0) is 12.3. The summed E-state index contributed by atoms with van der Waals surface area (Å²) in [5.74, 6) is -0.216. The third-order valence-electron chi connectivity index (χ3n) is 2.77. The van der Waals surface area contributed by atoms with Crippen molar-refractivity contribution in [2.24, 2.45) is 4.99 Å². The number of aliphatic imine (C=N–C) groups is 1. The maximum atomic E-state index is 13.1. The predicted molar refractivity (Wildman–Crippen MR) is 73.3 cm³/mol. The van der Waals surface area contributed by atoms with Gasteiger partial charge in [-0.1, -0.05) is 31.2 Å². The number of hydrogen-bond donors (Lipinski definition) is 1. The van der Waals surface area contributed by atoms with E-state index in [0.717, 1.165) is 23.0 Å². The molecule has 0 amide bonds. The molecule has 1 atom stereocenters. The van der Waals surface area contributed by atoms with E-state index in [4.69, 9.17) is 0 Å². The van der Waals surface area contributed by atoms with Crippen molar-refractivity contribution < 1.29 is 4.39 Å². The van der Waals surface area contributed by atoms with E-state index in [1.54, 1.807) is 17.8 Å². The summed E-state index contributed by atoms with van der Waals surface area (Å²) in [7, 11) is 0. The first-order valence-corrected chi connectivity index (χ1v) is 6.81. The molecule has 1 aliphatic rings. The largest absolute Gasteiger partial charge is 0.335 e. The van der Waals surface area contributed by atoms with Crippen LogP contribution in [0.5, 0.6) is 0 Å². The Labute approximate surface area is 106 Å². The Morgan fingerprint density at radius 1 is 1.53 bits per heavy atom. The zero-order valence-electron chi connectivity index (χ0n) is 10.2. The van der Waals surface area contributed by atoms with Gasteiger partial charge in [-0.25, -0.2) is 4.39 Å². The highest BCUT2D eigenvalue weighted by atomic mass is 32.2. The van der Waals surface area contributed by atoms with Gasteiger partial charge >= 0.3 is 0 Å². The molecule has 0 radical (unpaired) electrons. The third-order valence-corrected chi connectivity index (χ3v) is 3.94. The highest BCUT2D eigenvalue weighted by Crippen LogP contribution is 2.27. The number of amidine groups is 1. The van der Waals surface area contributed by atoms with Crippen molar-refractivity contribution in [1.29, 1.82) is 0 Å². The van der Waals surface area contributed by atoms with Crippen molar-refractivity contribution in [3.05, 3.63) is 29.6 Å². The van der Waals surface area contributed by atoms with Gasteiger partial charge in [-0.3, -0.25) is 4.99 Å². The summed E-state index contributed by atoms with van der Waals surface area (Å²) in [6.45, 7) is 5.02. The van der Waals surface area contributed by atoms with Crippen molar-refractivity contribution in [1.82, 2.24) is 0 Å². The molecule has 1 unspecified atom stereocenters. The lowest BCUT2D eigenvalue weighted by molar-refractivity contribution is 0.628. The van der Waals surface area contributed by atoms with Crippen LogP contribution in [0.3, 0.4) is 0 Å². The summed E-state index contributed by atoms with van der Waals surface area (Å²) in [4.78, 5) is 4.45. The van der Waals surface area contributed by atoms with Gasteiger partial charge in [-0.05, 0) is 31.0 Å². The molecule has 1 aromatic rings. The van der Waals surface area contributed by atoms with Crippen LogP contribution in [-0.4, -0.2) is 17.0 Å². The van der Waals surface area contributed by atoms with E-state index in [1.807, 2.05) is 6.92 Å². The number of aryl methyl sites for hydroxylation is 1. The number of nitrogens with zero attached hydrogens (tertiary/aromatic N) is 1. The second-order valence-corrected chi connectivity index (χ2v) is 5.55. The average molecular weight is 252 g/mol. The normalized spacial score (nSPS) is 19.2. The fraction of sp³-hybridized carbons (Fsp3) is 0.462. The van der Waals surface area contributed by atoms with Gasteiger partial charge in [0.05, 0.1) is 6.54 Å². The average Bonchev–Trinajstić information content (AvgIpc) is 2.72. The lowest BCUT2D eigenvalue weighted by atomic mass is 10.2. The highest BCUT2D eigenvalue weighted by molar-refractivity contribution is 8.15. The Kier molecular flexibility index (Phi) is 4.05. The Bertz CT molecular complexity index is 431. The van der Waals surface area contributed by atoms with Crippen molar-refractivity contribution in [2.45, 2.75) is 31.9 Å². The Morgan fingerprint density at radius 2 is 2.35 bits per heavy atom. The third kappa shape index (κ3) is 3.22. The van der Waals surface area contributed by atoms with Crippen LogP contribution in [-0.2, 0) is 0 Å². The summed E-state index contributed by atoms with van der Waals surface area (Å²) < 4.78 is 13.1. The zero-order valence-corrected chi connectivity index (χ0v) is 11.0. The quantitative estimate of drug-likeness (QED) is 0.884. The van der Waals surface area contributed by atoms with E-state index in [0.29, 0.717) is 5.25 Å². The van der Waals surface area contributed by atoms with E-state index in [2.05, 4.69) is 17.2 Å². The molecule has 4 heteroatoms. The highest BCUT2D eigenvalue weighted by Gasteiger charge is 2.19. The molecule has 1 heterocycles. The Balaban J connectivity index is 2.00.